The highest BCUT2D eigenvalue weighted by atomic mass is 32.2. The van der Waals surface area contributed by atoms with Crippen LogP contribution in [-0.2, 0) is 14.8 Å². The fourth-order valence-corrected chi connectivity index (χ4v) is 4.78. The molecule has 0 aromatic heterocycles. The summed E-state index contributed by atoms with van der Waals surface area (Å²) in [5, 5.41) is 9.18. The first kappa shape index (κ1) is 20.8. The predicted molar refractivity (Wildman–Crippen MR) is 108 cm³/mol. The Balaban J connectivity index is 1.60. The van der Waals surface area contributed by atoms with E-state index in [1.165, 1.54) is 16.4 Å². The maximum Gasteiger partial charge on any atom is 0.260 e. The molecule has 0 aliphatic carbocycles. The molecule has 0 bridgehead atoms. The normalized spacial score (nSPS) is 15.0. The molecule has 1 fully saturated rings. The van der Waals surface area contributed by atoms with Crippen LogP contribution < -0.4 is 4.74 Å². The number of aryl methyl sites for hydroxylation is 1. The minimum atomic E-state index is -3.78. The molecule has 29 heavy (non-hydrogen) atoms. The highest BCUT2D eigenvalue weighted by Crippen LogP contribution is 2.22. The maximum absolute atomic E-state index is 12.9. The molecule has 3 rings (SSSR count). The average molecular weight is 413 g/mol. The summed E-state index contributed by atoms with van der Waals surface area (Å²) < 4.78 is 32.7. The number of nitrogens with zero attached hydrogens (tertiary/aromatic N) is 3. The lowest BCUT2D eigenvalue weighted by Crippen LogP contribution is -2.51. The third-order valence-electron chi connectivity index (χ3n) is 5.12. The van der Waals surface area contributed by atoms with Crippen LogP contribution in [0.3, 0.4) is 0 Å². The van der Waals surface area contributed by atoms with Crippen LogP contribution in [0.25, 0.3) is 0 Å². The Bertz CT molecular complexity index is 1050. The smallest absolute Gasteiger partial charge is 0.260 e. The Hall–Kier alpha value is -2.89. The van der Waals surface area contributed by atoms with Crippen LogP contribution in [0.15, 0.2) is 47.4 Å². The van der Waals surface area contributed by atoms with E-state index in [-0.39, 0.29) is 49.2 Å². The topological polar surface area (TPSA) is 90.7 Å². The van der Waals surface area contributed by atoms with Gasteiger partial charge in [0.2, 0.25) is 10.0 Å². The van der Waals surface area contributed by atoms with E-state index in [2.05, 4.69) is 0 Å². The number of piperazine rings is 1. The van der Waals surface area contributed by atoms with Gasteiger partial charge >= 0.3 is 0 Å². The molecule has 8 heteroatoms. The molecular formula is C21H23N3O4S. The summed E-state index contributed by atoms with van der Waals surface area (Å²) in [6.45, 7) is 4.75. The van der Waals surface area contributed by atoms with Crippen molar-refractivity contribution in [3.8, 4) is 11.8 Å². The van der Waals surface area contributed by atoms with Crippen LogP contribution >= 0.6 is 0 Å². The van der Waals surface area contributed by atoms with Crippen LogP contribution in [0.1, 0.15) is 16.7 Å². The van der Waals surface area contributed by atoms with Gasteiger partial charge in [0.1, 0.15) is 11.8 Å². The first-order valence-electron chi connectivity index (χ1n) is 9.30. The van der Waals surface area contributed by atoms with Crippen molar-refractivity contribution in [3.63, 3.8) is 0 Å². The number of hydrogen-bond acceptors (Lipinski definition) is 5. The lowest BCUT2D eigenvalue weighted by atomic mass is 10.1. The molecule has 1 saturated heterocycles. The molecule has 0 atom stereocenters. The Labute approximate surface area is 171 Å². The van der Waals surface area contributed by atoms with Crippen LogP contribution in [0.2, 0.25) is 0 Å². The molecule has 0 saturated carbocycles. The fourth-order valence-electron chi connectivity index (χ4n) is 3.21. The van der Waals surface area contributed by atoms with Gasteiger partial charge in [-0.2, -0.15) is 9.57 Å². The first-order valence-corrected chi connectivity index (χ1v) is 10.7. The molecule has 1 aliphatic rings. The molecule has 7 nitrogen and oxygen atoms in total. The van der Waals surface area contributed by atoms with Crippen molar-refractivity contribution in [2.45, 2.75) is 18.7 Å². The van der Waals surface area contributed by atoms with E-state index in [4.69, 9.17) is 4.74 Å². The van der Waals surface area contributed by atoms with Gasteiger partial charge < -0.3 is 9.64 Å². The van der Waals surface area contributed by atoms with Crippen molar-refractivity contribution in [1.29, 1.82) is 5.26 Å². The second kappa shape index (κ2) is 8.64. The molecular weight excluding hydrogens is 390 g/mol. The summed E-state index contributed by atoms with van der Waals surface area (Å²) in [7, 11) is -3.78. The van der Waals surface area contributed by atoms with Gasteiger partial charge in [-0.3, -0.25) is 4.79 Å². The van der Waals surface area contributed by atoms with Crippen LogP contribution in [0.5, 0.6) is 5.75 Å². The summed E-state index contributed by atoms with van der Waals surface area (Å²) in [5.41, 5.74) is 2.20. The van der Waals surface area contributed by atoms with Crippen molar-refractivity contribution in [3.05, 3.63) is 59.2 Å². The highest BCUT2D eigenvalue weighted by molar-refractivity contribution is 7.89. The Morgan fingerprint density at radius 1 is 1.07 bits per heavy atom. The predicted octanol–water partition coefficient (Wildman–Crippen LogP) is 2.09. The van der Waals surface area contributed by atoms with E-state index >= 15 is 0 Å². The third kappa shape index (κ3) is 4.42. The number of carbonyl (C=O) groups is 1. The number of amides is 1. The molecule has 1 amide bonds. The second-order valence-corrected chi connectivity index (χ2v) is 8.79. The number of rotatable bonds is 5. The third-order valence-corrected chi connectivity index (χ3v) is 7.08. The van der Waals surface area contributed by atoms with Gasteiger partial charge in [0, 0.05) is 26.2 Å². The Morgan fingerprint density at radius 3 is 2.45 bits per heavy atom. The lowest BCUT2D eigenvalue weighted by Gasteiger charge is -2.34. The zero-order chi connectivity index (χ0) is 21.0. The molecule has 2 aromatic carbocycles. The number of benzene rings is 2. The Morgan fingerprint density at radius 2 is 1.76 bits per heavy atom. The SMILES string of the molecule is Cc1cccc(OCC(=O)N2CCN(S(=O)(=O)c3ccccc3C#N)CC2)c1C. The van der Waals surface area contributed by atoms with Gasteiger partial charge in [0.05, 0.1) is 10.5 Å². The van der Waals surface area contributed by atoms with E-state index in [1.54, 1.807) is 17.0 Å². The molecule has 0 radical (unpaired) electrons. The van der Waals surface area contributed by atoms with Gasteiger partial charge in [0.15, 0.2) is 6.61 Å². The highest BCUT2D eigenvalue weighted by Gasteiger charge is 2.31. The molecule has 0 unspecified atom stereocenters. The fraction of sp³-hybridized carbons (Fsp3) is 0.333. The number of ether oxygens (including phenoxy) is 1. The van der Waals surface area contributed by atoms with Crippen molar-refractivity contribution in [1.82, 2.24) is 9.21 Å². The largest absolute Gasteiger partial charge is 0.483 e. The second-order valence-electron chi connectivity index (χ2n) is 6.88. The summed E-state index contributed by atoms with van der Waals surface area (Å²) in [6.07, 6.45) is 0. The summed E-state index contributed by atoms with van der Waals surface area (Å²) in [5.74, 6) is 0.494. The average Bonchev–Trinajstić information content (AvgIpc) is 2.74. The van der Waals surface area contributed by atoms with Crippen molar-refractivity contribution >= 4 is 15.9 Å². The van der Waals surface area contributed by atoms with Gasteiger partial charge in [-0.15, -0.1) is 0 Å². The van der Waals surface area contributed by atoms with E-state index in [1.807, 2.05) is 38.1 Å². The zero-order valence-electron chi connectivity index (χ0n) is 16.5. The zero-order valence-corrected chi connectivity index (χ0v) is 17.3. The van der Waals surface area contributed by atoms with E-state index in [0.717, 1.165) is 11.1 Å². The van der Waals surface area contributed by atoms with E-state index in [9.17, 15) is 18.5 Å². The monoisotopic (exact) mass is 413 g/mol. The van der Waals surface area contributed by atoms with Gasteiger partial charge in [-0.25, -0.2) is 8.42 Å². The number of carbonyl (C=O) groups excluding carboxylic acids is 1. The minimum absolute atomic E-state index is 0.000493. The van der Waals surface area contributed by atoms with Gasteiger partial charge in [-0.1, -0.05) is 24.3 Å². The van der Waals surface area contributed by atoms with Crippen LogP contribution in [0, 0.1) is 25.2 Å². The quantitative estimate of drug-likeness (QED) is 0.749. The maximum atomic E-state index is 12.9. The first-order chi connectivity index (χ1) is 13.8. The molecule has 1 heterocycles. The molecule has 2 aromatic rings. The lowest BCUT2D eigenvalue weighted by molar-refractivity contribution is -0.134. The van der Waals surface area contributed by atoms with Gasteiger partial charge in [0.25, 0.3) is 5.91 Å². The summed E-state index contributed by atoms with van der Waals surface area (Å²) >= 11 is 0. The standard InChI is InChI=1S/C21H23N3O4S/c1-16-6-5-8-19(17(16)2)28-15-21(25)23-10-12-24(13-11-23)29(26,27)20-9-4-3-7-18(20)14-22/h3-9H,10-13,15H2,1-2H3. The van der Waals surface area contributed by atoms with E-state index < -0.39 is 10.0 Å². The number of nitriles is 1. The molecule has 152 valence electrons. The molecule has 0 N–H and O–H groups in total. The summed E-state index contributed by atoms with van der Waals surface area (Å²) in [4.78, 5) is 14.1. The minimum Gasteiger partial charge on any atom is -0.483 e. The van der Waals surface area contributed by atoms with Crippen molar-refractivity contribution in [2.75, 3.05) is 32.8 Å². The Kier molecular flexibility index (Phi) is 6.20. The van der Waals surface area contributed by atoms with Gasteiger partial charge in [-0.05, 0) is 43.2 Å². The van der Waals surface area contributed by atoms with Crippen molar-refractivity contribution in [2.24, 2.45) is 0 Å². The molecule has 0 spiro atoms. The number of sulfonamides is 1. The van der Waals surface area contributed by atoms with Crippen molar-refractivity contribution < 1.29 is 17.9 Å². The van der Waals surface area contributed by atoms with Crippen LogP contribution in [0.4, 0.5) is 0 Å². The summed E-state index contributed by atoms with van der Waals surface area (Å²) in [6, 6.07) is 13.7. The van der Waals surface area contributed by atoms with E-state index in [0.29, 0.717) is 5.75 Å². The molecule has 1 aliphatic heterocycles. The number of hydrogen-bond donors (Lipinski definition) is 0. The van der Waals surface area contributed by atoms with Crippen LogP contribution in [-0.4, -0.2) is 56.3 Å².